The van der Waals surface area contributed by atoms with Crippen LogP contribution in [0.15, 0.2) is 54.9 Å². The Morgan fingerprint density at radius 3 is 2.74 bits per heavy atom. The van der Waals surface area contributed by atoms with E-state index in [2.05, 4.69) is 15.3 Å². The molecular weight excluding hydrogens is 346 g/mol. The van der Waals surface area contributed by atoms with Gasteiger partial charge in [0.2, 0.25) is 0 Å². The molecule has 0 saturated heterocycles. The summed E-state index contributed by atoms with van der Waals surface area (Å²) in [5.41, 5.74) is 2.51. The van der Waals surface area contributed by atoms with Gasteiger partial charge in [-0.05, 0) is 29.7 Å². The standard InChI is InChI=1S/C19H17N5O3/c25-18(16-12-23(22-21-16)11-14-6-3-4-9-20-14)24-10-8-13-5-1-2-7-15(13)17(24)19(26)27/h1-7,9,12,17H,8,10-11H2,(H,26,27). The molecule has 1 atom stereocenters. The zero-order chi connectivity index (χ0) is 18.8. The maximum atomic E-state index is 12.9. The van der Waals surface area contributed by atoms with E-state index >= 15 is 0 Å². The maximum Gasteiger partial charge on any atom is 0.331 e. The Kier molecular flexibility index (Phi) is 4.37. The van der Waals surface area contributed by atoms with E-state index in [0.717, 1.165) is 11.3 Å². The van der Waals surface area contributed by atoms with Crippen molar-refractivity contribution in [3.63, 3.8) is 0 Å². The molecule has 3 aromatic rings. The van der Waals surface area contributed by atoms with Gasteiger partial charge >= 0.3 is 5.97 Å². The minimum Gasteiger partial charge on any atom is -0.479 e. The highest BCUT2D eigenvalue weighted by Gasteiger charge is 2.37. The minimum absolute atomic E-state index is 0.122. The first kappa shape index (κ1) is 16.9. The average Bonchev–Trinajstić information content (AvgIpc) is 3.15. The van der Waals surface area contributed by atoms with E-state index in [4.69, 9.17) is 0 Å². The first-order valence-corrected chi connectivity index (χ1v) is 8.55. The Morgan fingerprint density at radius 2 is 1.96 bits per heavy atom. The molecule has 0 saturated carbocycles. The smallest absolute Gasteiger partial charge is 0.331 e. The molecule has 0 fully saturated rings. The Balaban J connectivity index is 1.58. The molecule has 1 unspecified atom stereocenters. The van der Waals surface area contributed by atoms with Crippen molar-refractivity contribution in [3.8, 4) is 0 Å². The second kappa shape index (κ2) is 6.99. The van der Waals surface area contributed by atoms with Gasteiger partial charge in [0.05, 0.1) is 18.4 Å². The predicted octanol–water partition coefficient (Wildman–Crippen LogP) is 1.55. The molecule has 3 heterocycles. The molecular formula is C19H17N5O3. The molecule has 0 bridgehead atoms. The SMILES string of the molecule is O=C(O)C1c2ccccc2CCN1C(=O)c1cn(Cc2ccccn2)nn1. The van der Waals surface area contributed by atoms with E-state index in [9.17, 15) is 14.7 Å². The normalized spacial score (nSPS) is 16.0. The molecule has 2 aromatic heterocycles. The number of nitrogens with zero attached hydrogens (tertiary/aromatic N) is 5. The van der Waals surface area contributed by atoms with Crippen LogP contribution in [0, 0.1) is 0 Å². The molecule has 1 N–H and O–H groups in total. The fraction of sp³-hybridized carbons (Fsp3) is 0.211. The average molecular weight is 363 g/mol. The minimum atomic E-state index is -1.06. The van der Waals surface area contributed by atoms with Crippen LogP contribution in [0.3, 0.4) is 0 Å². The first-order chi connectivity index (χ1) is 13.1. The third kappa shape index (κ3) is 3.29. The van der Waals surface area contributed by atoms with Crippen LogP contribution in [0.4, 0.5) is 0 Å². The van der Waals surface area contributed by atoms with Gasteiger partial charge in [0.15, 0.2) is 11.7 Å². The fourth-order valence-corrected chi connectivity index (χ4v) is 3.33. The largest absolute Gasteiger partial charge is 0.479 e. The van der Waals surface area contributed by atoms with Crippen molar-refractivity contribution in [1.82, 2.24) is 24.9 Å². The fourth-order valence-electron chi connectivity index (χ4n) is 3.33. The summed E-state index contributed by atoms with van der Waals surface area (Å²) in [6.45, 7) is 0.701. The number of hydrogen-bond acceptors (Lipinski definition) is 5. The van der Waals surface area contributed by atoms with Crippen molar-refractivity contribution in [1.29, 1.82) is 0 Å². The van der Waals surface area contributed by atoms with E-state index in [1.54, 1.807) is 18.3 Å². The van der Waals surface area contributed by atoms with E-state index < -0.39 is 17.9 Å². The van der Waals surface area contributed by atoms with Gasteiger partial charge in [0.25, 0.3) is 5.91 Å². The number of aromatic nitrogens is 4. The molecule has 8 nitrogen and oxygen atoms in total. The Morgan fingerprint density at radius 1 is 1.15 bits per heavy atom. The second-order valence-electron chi connectivity index (χ2n) is 6.31. The van der Waals surface area contributed by atoms with E-state index in [1.807, 2.05) is 30.3 Å². The van der Waals surface area contributed by atoms with Crippen LogP contribution >= 0.6 is 0 Å². The van der Waals surface area contributed by atoms with Crippen LogP contribution in [0.5, 0.6) is 0 Å². The van der Waals surface area contributed by atoms with Crippen molar-refractivity contribution >= 4 is 11.9 Å². The lowest BCUT2D eigenvalue weighted by Gasteiger charge is -2.34. The molecule has 0 radical (unpaired) electrons. The number of amides is 1. The lowest BCUT2D eigenvalue weighted by molar-refractivity contribution is -0.143. The number of benzene rings is 1. The first-order valence-electron chi connectivity index (χ1n) is 8.55. The van der Waals surface area contributed by atoms with Crippen LogP contribution in [0.25, 0.3) is 0 Å². The summed E-state index contributed by atoms with van der Waals surface area (Å²) in [5, 5.41) is 17.6. The predicted molar refractivity (Wildman–Crippen MR) is 94.9 cm³/mol. The molecule has 27 heavy (non-hydrogen) atoms. The van der Waals surface area contributed by atoms with Gasteiger partial charge in [-0.25, -0.2) is 9.48 Å². The summed E-state index contributed by atoms with van der Waals surface area (Å²) < 4.78 is 1.52. The number of carbonyl (C=O) groups is 2. The summed E-state index contributed by atoms with van der Waals surface area (Å²) in [4.78, 5) is 30.4. The molecule has 4 rings (SSSR count). The number of carbonyl (C=O) groups excluding carboxylic acids is 1. The quantitative estimate of drug-likeness (QED) is 0.755. The summed E-state index contributed by atoms with van der Waals surface area (Å²) in [5.74, 6) is -1.50. The number of aliphatic carboxylic acids is 1. The van der Waals surface area contributed by atoms with Crippen molar-refractivity contribution in [3.05, 3.63) is 77.4 Å². The zero-order valence-corrected chi connectivity index (χ0v) is 14.4. The Bertz CT molecular complexity index is 986. The van der Waals surface area contributed by atoms with Gasteiger partial charge in [-0.2, -0.15) is 0 Å². The summed E-state index contributed by atoms with van der Waals surface area (Å²) in [6.07, 6.45) is 3.81. The van der Waals surface area contributed by atoms with Crippen molar-refractivity contribution < 1.29 is 14.7 Å². The van der Waals surface area contributed by atoms with Crippen LogP contribution in [0.2, 0.25) is 0 Å². The maximum absolute atomic E-state index is 12.9. The lowest BCUT2D eigenvalue weighted by atomic mass is 9.92. The molecule has 136 valence electrons. The molecule has 1 aromatic carbocycles. The molecule has 1 amide bonds. The van der Waals surface area contributed by atoms with Crippen LogP contribution in [-0.2, 0) is 17.8 Å². The third-order valence-electron chi connectivity index (χ3n) is 4.59. The summed E-state index contributed by atoms with van der Waals surface area (Å²) in [6, 6.07) is 11.8. The van der Waals surface area contributed by atoms with Crippen molar-refractivity contribution in [2.45, 2.75) is 19.0 Å². The van der Waals surface area contributed by atoms with E-state index in [-0.39, 0.29) is 5.69 Å². The highest BCUT2D eigenvalue weighted by atomic mass is 16.4. The Hall–Kier alpha value is -3.55. The molecule has 1 aliphatic heterocycles. The third-order valence-corrected chi connectivity index (χ3v) is 4.59. The molecule has 1 aliphatic rings. The number of fused-ring (bicyclic) bond motifs is 1. The second-order valence-corrected chi connectivity index (χ2v) is 6.31. The van der Waals surface area contributed by atoms with Gasteiger partial charge in [-0.3, -0.25) is 9.78 Å². The van der Waals surface area contributed by atoms with Crippen LogP contribution in [0.1, 0.15) is 33.4 Å². The summed E-state index contributed by atoms with van der Waals surface area (Å²) in [7, 11) is 0. The number of hydrogen-bond donors (Lipinski definition) is 1. The molecule has 0 aliphatic carbocycles. The van der Waals surface area contributed by atoms with Gasteiger partial charge in [0.1, 0.15) is 0 Å². The number of pyridine rings is 1. The number of carboxylic acid groups (broad SMARTS) is 1. The highest BCUT2D eigenvalue weighted by molar-refractivity contribution is 5.95. The van der Waals surface area contributed by atoms with Crippen molar-refractivity contribution in [2.75, 3.05) is 6.54 Å². The van der Waals surface area contributed by atoms with Crippen LogP contribution in [-0.4, -0.2) is 48.4 Å². The molecule has 0 spiro atoms. The van der Waals surface area contributed by atoms with Gasteiger partial charge in [-0.1, -0.05) is 35.5 Å². The van der Waals surface area contributed by atoms with Crippen molar-refractivity contribution in [2.24, 2.45) is 0 Å². The topological polar surface area (TPSA) is 101 Å². The van der Waals surface area contributed by atoms with E-state index in [1.165, 1.54) is 15.8 Å². The number of carboxylic acids is 1. The van der Waals surface area contributed by atoms with Gasteiger partial charge in [0, 0.05) is 12.7 Å². The van der Waals surface area contributed by atoms with Gasteiger partial charge in [-0.15, -0.1) is 5.10 Å². The Labute approximate surface area is 155 Å². The number of rotatable bonds is 4. The van der Waals surface area contributed by atoms with Crippen LogP contribution < -0.4 is 0 Å². The van der Waals surface area contributed by atoms with Gasteiger partial charge < -0.3 is 10.0 Å². The summed E-state index contributed by atoms with van der Waals surface area (Å²) >= 11 is 0. The monoisotopic (exact) mass is 363 g/mol. The molecule has 8 heteroatoms. The zero-order valence-electron chi connectivity index (χ0n) is 14.4. The lowest BCUT2D eigenvalue weighted by Crippen LogP contribution is -2.43. The highest BCUT2D eigenvalue weighted by Crippen LogP contribution is 2.30. The van der Waals surface area contributed by atoms with E-state index in [0.29, 0.717) is 25.1 Å².